The van der Waals surface area contributed by atoms with E-state index in [-0.39, 0.29) is 24.2 Å². The van der Waals surface area contributed by atoms with Crippen molar-refractivity contribution in [1.82, 2.24) is 0 Å². The lowest BCUT2D eigenvalue weighted by atomic mass is 9.86. The number of benzene rings is 1. The zero-order chi connectivity index (χ0) is 23.3. The highest BCUT2D eigenvalue weighted by Crippen LogP contribution is 2.56. The van der Waals surface area contributed by atoms with E-state index >= 15 is 0 Å². The molecule has 0 radical (unpaired) electrons. The average molecular weight is 443 g/mol. The minimum Gasteiger partial charge on any atom is -0.434 e. The summed E-state index contributed by atoms with van der Waals surface area (Å²) in [6, 6.07) is 4.26. The number of carbonyl (C=O) groups is 2. The molecular formula is C26H34O6. The number of aryl methyl sites for hydroxylation is 3. The molecule has 3 unspecified atom stereocenters. The normalized spacial score (nSPS) is 28.5. The van der Waals surface area contributed by atoms with E-state index in [9.17, 15) is 9.59 Å². The molecule has 6 nitrogen and oxygen atoms in total. The van der Waals surface area contributed by atoms with Gasteiger partial charge in [-0.1, -0.05) is 31.5 Å². The minimum atomic E-state index is -0.762. The second-order valence-corrected chi connectivity index (χ2v) is 9.65. The fourth-order valence-electron chi connectivity index (χ4n) is 5.73. The number of carbonyl (C=O) groups excluding carboxylic acids is 2. The first-order valence-electron chi connectivity index (χ1n) is 11.7. The van der Waals surface area contributed by atoms with Crippen LogP contribution < -0.4 is 0 Å². The maximum Gasteiger partial charge on any atom is 0.513 e. The molecule has 3 aliphatic rings. The van der Waals surface area contributed by atoms with Crippen LogP contribution in [0.5, 0.6) is 0 Å². The van der Waals surface area contributed by atoms with Crippen molar-refractivity contribution in [2.75, 3.05) is 13.2 Å². The van der Waals surface area contributed by atoms with Crippen molar-refractivity contribution in [2.24, 2.45) is 11.8 Å². The predicted molar refractivity (Wildman–Crippen MR) is 120 cm³/mol. The summed E-state index contributed by atoms with van der Waals surface area (Å²) in [5.41, 5.74) is 4.32. The Morgan fingerprint density at radius 2 is 1.72 bits per heavy atom. The Bertz CT molecular complexity index is 950. The molecule has 1 saturated carbocycles. The molecule has 2 aliphatic carbocycles. The molecule has 0 N–H and O–H groups in total. The summed E-state index contributed by atoms with van der Waals surface area (Å²) in [6.45, 7) is 12.4. The fourth-order valence-corrected chi connectivity index (χ4v) is 5.73. The Balaban J connectivity index is 1.83. The van der Waals surface area contributed by atoms with Gasteiger partial charge in [0.15, 0.2) is 11.6 Å². The molecule has 0 bridgehead atoms. The molecule has 32 heavy (non-hydrogen) atoms. The predicted octanol–water partition coefficient (Wildman–Crippen LogP) is 5.13. The molecule has 1 spiro atoms. The Hall–Kier alpha value is -2.18. The van der Waals surface area contributed by atoms with E-state index < -0.39 is 17.5 Å². The molecule has 0 aromatic heterocycles. The smallest absolute Gasteiger partial charge is 0.434 e. The standard InChI is InChI=1S/C26H34O6/c1-7-16-10-15(4)11-17(8-2)20(16)21-22(27)18-12-26(14-30-25(5,6)32-26)13-19(18)23(21)31-24(28)29-9-3/h10-11,18-19H,7-9,12-14H2,1-6H3. The zero-order valence-electron chi connectivity index (χ0n) is 20.0. The molecule has 1 aliphatic heterocycles. The number of ketones is 1. The Labute approximate surface area is 190 Å². The summed E-state index contributed by atoms with van der Waals surface area (Å²) in [5, 5.41) is 0. The molecule has 1 aromatic carbocycles. The third kappa shape index (κ3) is 3.88. The first-order valence-corrected chi connectivity index (χ1v) is 11.7. The number of hydrogen-bond acceptors (Lipinski definition) is 6. The second kappa shape index (κ2) is 8.31. The molecule has 174 valence electrons. The average Bonchev–Trinajstić information content (AvgIpc) is 3.32. The van der Waals surface area contributed by atoms with Gasteiger partial charge in [0, 0.05) is 11.8 Å². The molecule has 2 fully saturated rings. The summed E-state index contributed by atoms with van der Waals surface area (Å²) in [7, 11) is 0. The van der Waals surface area contributed by atoms with Gasteiger partial charge >= 0.3 is 6.16 Å². The molecule has 0 amide bonds. The van der Waals surface area contributed by atoms with Gasteiger partial charge < -0.3 is 18.9 Å². The highest BCUT2D eigenvalue weighted by molar-refractivity contribution is 6.26. The van der Waals surface area contributed by atoms with Gasteiger partial charge in [-0.15, -0.1) is 0 Å². The highest BCUT2D eigenvalue weighted by atomic mass is 16.8. The van der Waals surface area contributed by atoms with Gasteiger partial charge in [-0.3, -0.25) is 4.79 Å². The van der Waals surface area contributed by atoms with Gasteiger partial charge in [-0.05, 0) is 70.1 Å². The number of ether oxygens (including phenoxy) is 4. The number of allylic oxidation sites excluding steroid dienone is 2. The molecule has 1 saturated heterocycles. The van der Waals surface area contributed by atoms with Crippen LogP contribution in [0.1, 0.15) is 69.7 Å². The Kier molecular flexibility index (Phi) is 5.97. The summed E-state index contributed by atoms with van der Waals surface area (Å²) < 4.78 is 23.0. The van der Waals surface area contributed by atoms with Gasteiger partial charge in [0.05, 0.1) is 24.4 Å². The molecule has 6 heteroatoms. The van der Waals surface area contributed by atoms with Crippen molar-refractivity contribution in [3.63, 3.8) is 0 Å². The maximum absolute atomic E-state index is 13.9. The van der Waals surface area contributed by atoms with Crippen molar-refractivity contribution < 1.29 is 28.5 Å². The largest absolute Gasteiger partial charge is 0.513 e. The lowest BCUT2D eigenvalue weighted by molar-refractivity contribution is -0.161. The van der Waals surface area contributed by atoms with E-state index in [1.807, 2.05) is 13.8 Å². The molecule has 4 rings (SSSR count). The summed E-state index contributed by atoms with van der Waals surface area (Å²) in [5.74, 6) is -0.722. The van der Waals surface area contributed by atoms with E-state index in [1.165, 1.54) is 5.56 Å². The van der Waals surface area contributed by atoms with E-state index in [2.05, 4.69) is 32.9 Å². The quantitative estimate of drug-likeness (QED) is 0.589. The number of fused-ring (bicyclic) bond motifs is 1. The van der Waals surface area contributed by atoms with Crippen LogP contribution in [0.3, 0.4) is 0 Å². The van der Waals surface area contributed by atoms with Gasteiger partial charge in [0.25, 0.3) is 0 Å². The summed E-state index contributed by atoms with van der Waals surface area (Å²) in [4.78, 5) is 26.3. The van der Waals surface area contributed by atoms with Gasteiger partial charge in [0.2, 0.25) is 0 Å². The first-order chi connectivity index (χ1) is 15.1. The topological polar surface area (TPSA) is 71.1 Å². The van der Waals surface area contributed by atoms with E-state index in [0.717, 1.165) is 29.5 Å². The minimum absolute atomic E-state index is 0.0349. The Morgan fingerprint density at radius 1 is 1.09 bits per heavy atom. The SMILES string of the molecule is CCOC(=O)OC1=C(c2c(CC)cc(C)cc2CC)C(=O)C2CC3(COC(C)(C)O3)CC12. The van der Waals surface area contributed by atoms with Crippen molar-refractivity contribution in [3.8, 4) is 0 Å². The van der Waals surface area contributed by atoms with Crippen LogP contribution in [0, 0.1) is 18.8 Å². The van der Waals surface area contributed by atoms with E-state index in [1.54, 1.807) is 6.92 Å². The summed E-state index contributed by atoms with van der Waals surface area (Å²) >= 11 is 0. The third-order valence-electron chi connectivity index (χ3n) is 6.89. The zero-order valence-corrected chi connectivity index (χ0v) is 20.0. The van der Waals surface area contributed by atoms with Crippen molar-refractivity contribution in [3.05, 3.63) is 40.1 Å². The second-order valence-electron chi connectivity index (χ2n) is 9.65. The maximum atomic E-state index is 13.9. The highest BCUT2D eigenvalue weighted by Gasteiger charge is 2.60. The van der Waals surface area contributed by atoms with E-state index in [4.69, 9.17) is 18.9 Å². The lowest BCUT2D eigenvalue weighted by Crippen LogP contribution is -2.32. The van der Waals surface area contributed by atoms with Crippen LogP contribution in [0.2, 0.25) is 0 Å². The first kappa shape index (κ1) is 23.0. The van der Waals surface area contributed by atoms with Gasteiger partial charge in [-0.2, -0.15) is 0 Å². The number of hydrogen-bond donors (Lipinski definition) is 0. The van der Waals surface area contributed by atoms with Crippen LogP contribution in [0.15, 0.2) is 17.9 Å². The molecule has 1 heterocycles. The monoisotopic (exact) mass is 442 g/mol. The van der Waals surface area contributed by atoms with Crippen LogP contribution in [0.4, 0.5) is 4.79 Å². The fraction of sp³-hybridized carbons (Fsp3) is 0.615. The van der Waals surface area contributed by atoms with Crippen molar-refractivity contribution in [1.29, 1.82) is 0 Å². The van der Waals surface area contributed by atoms with Gasteiger partial charge in [-0.25, -0.2) is 4.79 Å². The molecule has 1 aromatic rings. The van der Waals surface area contributed by atoms with Gasteiger partial charge in [0.1, 0.15) is 5.76 Å². The molecular weight excluding hydrogens is 408 g/mol. The third-order valence-corrected chi connectivity index (χ3v) is 6.89. The number of Topliss-reactive ketones (excluding diaryl/α,β-unsaturated/α-hetero) is 1. The summed E-state index contributed by atoms with van der Waals surface area (Å²) in [6.07, 6.45) is 1.96. The van der Waals surface area contributed by atoms with Crippen LogP contribution in [-0.4, -0.2) is 36.5 Å². The van der Waals surface area contributed by atoms with Crippen LogP contribution in [0.25, 0.3) is 5.57 Å². The van der Waals surface area contributed by atoms with E-state index in [0.29, 0.717) is 30.8 Å². The number of rotatable bonds is 5. The van der Waals surface area contributed by atoms with Crippen LogP contribution in [-0.2, 0) is 36.6 Å². The van der Waals surface area contributed by atoms with Crippen LogP contribution >= 0.6 is 0 Å². The van der Waals surface area contributed by atoms with Crippen molar-refractivity contribution >= 4 is 17.5 Å². The Morgan fingerprint density at radius 3 is 2.25 bits per heavy atom. The lowest BCUT2D eigenvalue weighted by Gasteiger charge is -2.26. The molecule has 3 atom stereocenters. The van der Waals surface area contributed by atoms with Crippen molar-refractivity contribution in [2.45, 2.75) is 78.6 Å².